The summed E-state index contributed by atoms with van der Waals surface area (Å²) in [6.45, 7) is 9.70. The standard InChI is InChI=1S/C18H28N2O3/c1-4-22-12-18-7-5-9-23-16(18)6-8-20(11-18)17(21)15-10-13(2)19-14(15)3/h10,16,19H,4-9,11-12H2,1-3H3/t16-,18+/m0/s1. The van der Waals surface area contributed by atoms with Crippen molar-refractivity contribution in [2.24, 2.45) is 5.41 Å². The van der Waals surface area contributed by atoms with E-state index in [1.165, 1.54) is 0 Å². The number of aromatic amines is 1. The lowest BCUT2D eigenvalue weighted by atomic mass is 9.73. The van der Waals surface area contributed by atoms with E-state index in [2.05, 4.69) is 4.98 Å². The van der Waals surface area contributed by atoms with Crippen LogP contribution >= 0.6 is 0 Å². The van der Waals surface area contributed by atoms with Crippen LogP contribution in [0.25, 0.3) is 0 Å². The first-order valence-electron chi connectivity index (χ1n) is 8.70. The zero-order valence-corrected chi connectivity index (χ0v) is 14.5. The minimum Gasteiger partial charge on any atom is -0.381 e. The molecule has 2 atom stereocenters. The zero-order valence-electron chi connectivity index (χ0n) is 14.5. The maximum absolute atomic E-state index is 12.9. The molecule has 1 aromatic rings. The topological polar surface area (TPSA) is 54.6 Å². The van der Waals surface area contributed by atoms with Gasteiger partial charge in [0.25, 0.3) is 5.91 Å². The second kappa shape index (κ2) is 6.65. The quantitative estimate of drug-likeness (QED) is 0.928. The highest BCUT2D eigenvalue weighted by Crippen LogP contribution is 2.40. The second-order valence-electron chi connectivity index (χ2n) is 6.97. The van der Waals surface area contributed by atoms with Gasteiger partial charge in [-0.15, -0.1) is 0 Å². The highest BCUT2D eigenvalue weighted by molar-refractivity contribution is 5.95. The largest absolute Gasteiger partial charge is 0.381 e. The van der Waals surface area contributed by atoms with Gasteiger partial charge in [-0.1, -0.05) is 0 Å². The van der Waals surface area contributed by atoms with Crippen molar-refractivity contribution in [3.63, 3.8) is 0 Å². The number of carbonyl (C=O) groups excluding carboxylic acids is 1. The summed E-state index contributed by atoms with van der Waals surface area (Å²) >= 11 is 0. The van der Waals surface area contributed by atoms with Crippen LogP contribution in [0.1, 0.15) is 47.9 Å². The van der Waals surface area contributed by atoms with Gasteiger partial charge in [0.15, 0.2) is 0 Å². The summed E-state index contributed by atoms with van der Waals surface area (Å²) in [6, 6.07) is 1.95. The third-order valence-electron chi connectivity index (χ3n) is 5.25. The fourth-order valence-corrected chi connectivity index (χ4v) is 4.10. The lowest BCUT2D eigenvalue weighted by molar-refractivity contribution is -0.146. The van der Waals surface area contributed by atoms with E-state index in [4.69, 9.17) is 9.47 Å². The third-order valence-corrected chi connectivity index (χ3v) is 5.25. The van der Waals surface area contributed by atoms with Gasteiger partial charge in [-0.3, -0.25) is 4.79 Å². The average molecular weight is 320 g/mol. The number of likely N-dealkylation sites (tertiary alicyclic amines) is 1. The first kappa shape index (κ1) is 16.5. The molecule has 0 saturated carbocycles. The van der Waals surface area contributed by atoms with Gasteiger partial charge < -0.3 is 19.4 Å². The number of carbonyl (C=O) groups is 1. The Hall–Kier alpha value is -1.33. The summed E-state index contributed by atoms with van der Waals surface area (Å²) in [5.74, 6) is 0.131. The van der Waals surface area contributed by atoms with Gasteiger partial charge in [-0.25, -0.2) is 0 Å². The molecule has 2 aliphatic heterocycles. The average Bonchev–Trinajstić information content (AvgIpc) is 2.90. The lowest BCUT2D eigenvalue weighted by Crippen LogP contribution is -2.58. The number of ether oxygens (including phenoxy) is 2. The number of fused-ring (bicyclic) bond motifs is 1. The summed E-state index contributed by atoms with van der Waals surface area (Å²) in [4.78, 5) is 18.2. The Morgan fingerprint density at radius 3 is 3.04 bits per heavy atom. The number of H-pyrrole nitrogens is 1. The predicted octanol–water partition coefficient (Wildman–Crippen LogP) is 2.68. The fourth-order valence-electron chi connectivity index (χ4n) is 4.10. The van der Waals surface area contributed by atoms with Crippen LogP contribution in [-0.4, -0.2) is 54.8 Å². The van der Waals surface area contributed by atoms with E-state index in [1.807, 2.05) is 31.7 Å². The molecule has 3 rings (SSSR count). The van der Waals surface area contributed by atoms with Gasteiger partial charge >= 0.3 is 0 Å². The Kier molecular flexibility index (Phi) is 4.78. The Bertz CT molecular complexity index is 569. The molecule has 2 saturated heterocycles. The van der Waals surface area contributed by atoms with E-state index in [-0.39, 0.29) is 17.4 Å². The van der Waals surface area contributed by atoms with Gasteiger partial charge in [-0.2, -0.15) is 0 Å². The number of aromatic nitrogens is 1. The molecular formula is C18H28N2O3. The molecule has 0 spiro atoms. The van der Waals surface area contributed by atoms with Gasteiger partial charge in [-0.05, 0) is 46.1 Å². The molecule has 0 radical (unpaired) electrons. The predicted molar refractivity (Wildman–Crippen MR) is 88.7 cm³/mol. The Labute approximate surface area is 138 Å². The number of nitrogens with one attached hydrogen (secondary N) is 1. The number of aryl methyl sites for hydroxylation is 2. The van der Waals surface area contributed by atoms with Crippen molar-refractivity contribution in [2.75, 3.05) is 32.9 Å². The Morgan fingerprint density at radius 2 is 2.35 bits per heavy atom. The zero-order chi connectivity index (χ0) is 16.4. The van der Waals surface area contributed by atoms with E-state index in [0.29, 0.717) is 13.2 Å². The van der Waals surface area contributed by atoms with Crippen molar-refractivity contribution in [1.82, 2.24) is 9.88 Å². The first-order valence-corrected chi connectivity index (χ1v) is 8.70. The SMILES string of the molecule is CCOC[C@]12CCCO[C@H]1CCN(C(=O)c1cc(C)[nH]c1C)C2. The molecule has 5 nitrogen and oxygen atoms in total. The van der Waals surface area contributed by atoms with Gasteiger partial charge in [0.2, 0.25) is 0 Å². The summed E-state index contributed by atoms with van der Waals surface area (Å²) in [5, 5.41) is 0. The molecule has 1 aromatic heterocycles. The van der Waals surface area contributed by atoms with E-state index in [1.54, 1.807) is 0 Å². The van der Waals surface area contributed by atoms with Crippen LogP contribution in [0, 0.1) is 19.3 Å². The van der Waals surface area contributed by atoms with Crippen LogP contribution in [0.3, 0.4) is 0 Å². The minimum absolute atomic E-state index is 0.0403. The number of rotatable bonds is 4. The van der Waals surface area contributed by atoms with E-state index in [0.717, 1.165) is 55.9 Å². The summed E-state index contributed by atoms with van der Waals surface area (Å²) in [6.07, 6.45) is 3.25. The van der Waals surface area contributed by atoms with Crippen LogP contribution < -0.4 is 0 Å². The van der Waals surface area contributed by atoms with Crippen molar-refractivity contribution < 1.29 is 14.3 Å². The smallest absolute Gasteiger partial charge is 0.255 e. The molecule has 2 aliphatic rings. The van der Waals surface area contributed by atoms with Crippen LogP contribution in [0.15, 0.2) is 6.07 Å². The molecule has 2 fully saturated rings. The number of amides is 1. The molecule has 1 N–H and O–H groups in total. The number of hydrogen-bond acceptors (Lipinski definition) is 3. The van der Waals surface area contributed by atoms with Crippen LogP contribution in [0.4, 0.5) is 0 Å². The molecule has 0 aromatic carbocycles. The van der Waals surface area contributed by atoms with Gasteiger partial charge in [0.05, 0.1) is 18.3 Å². The van der Waals surface area contributed by atoms with Crippen LogP contribution in [-0.2, 0) is 9.47 Å². The Balaban J connectivity index is 1.79. The van der Waals surface area contributed by atoms with Crippen LogP contribution in [0.2, 0.25) is 0 Å². The first-order chi connectivity index (χ1) is 11.1. The number of hydrogen-bond donors (Lipinski definition) is 1. The third kappa shape index (κ3) is 3.17. The summed E-state index contributed by atoms with van der Waals surface area (Å²) in [7, 11) is 0. The molecule has 0 bridgehead atoms. The van der Waals surface area contributed by atoms with E-state index >= 15 is 0 Å². The van der Waals surface area contributed by atoms with Crippen LogP contribution in [0.5, 0.6) is 0 Å². The van der Waals surface area contributed by atoms with E-state index < -0.39 is 0 Å². The maximum atomic E-state index is 12.9. The fraction of sp³-hybridized carbons (Fsp3) is 0.722. The monoisotopic (exact) mass is 320 g/mol. The molecule has 0 unspecified atom stereocenters. The maximum Gasteiger partial charge on any atom is 0.255 e. The highest BCUT2D eigenvalue weighted by Gasteiger charge is 2.47. The molecule has 5 heteroatoms. The number of piperidine rings is 1. The van der Waals surface area contributed by atoms with Crippen molar-refractivity contribution >= 4 is 5.91 Å². The number of nitrogens with zero attached hydrogens (tertiary/aromatic N) is 1. The van der Waals surface area contributed by atoms with Crippen molar-refractivity contribution in [2.45, 2.75) is 46.1 Å². The lowest BCUT2D eigenvalue weighted by Gasteiger charge is -2.50. The molecule has 1 amide bonds. The van der Waals surface area contributed by atoms with Crippen molar-refractivity contribution in [3.8, 4) is 0 Å². The van der Waals surface area contributed by atoms with Gasteiger partial charge in [0.1, 0.15) is 0 Å². The summed E-state index contributed by atoms with van der Waals surface area (Å²) < 4.78 is 11.8. The van der Waals surface area contributed by atoms with E-state index in [9.17, 15) is 4.79 Å². The van der Waals surface area contributed by atoms with Crippen molar-refractivity contribution in [1.29, 1.82) is 0 Å². The van der Waals surface area contributed by atoms with Crippen molar-refractivity contribution in [3.05, 3.63) is 23.0 Å². The minimum atomic E-state index is -0.0403. The molecule has 0 aliphatic carbocycles. The molecule has 23 heavy (non-hydrogen) atoms. The molecule has 128 valence electrons. The second-order valence-corrected chi connectivity index (χ2v) is 6.97. The normalized spacial score (nSPS) is 27.8. The van der Waals surface area contributed by atoms with Gasteiger partial charge in [0, 0.05) is 43.1 Å². The Morgan fingerprint density at radius 1 is 1.52 bits per heavy atom. The molecule has 3 heterocycles. The summed E-state index contributed by atoms with van der Waals surface area (Å²) in [5.41, 5.74) is 2.74. The highest BCUT2D eigenvalue weighted by atomic mass is 16.5. The molecular weight excluding hydrogens is 292 g/mol.